The number of nitrogens with one attached hydrogen (secondary N) is 1. The Kier molecular flexibility index (Phi) is 9.11. The monoisotopic (exact) mass is 625 g/mol. The standard InChI is InChI=1S/C36H43N5O5/c1-5-9-30-28(35(43)40(32-18-19-37-41(30)32)25-13-15-26(16-14-25)46-22-36(2,3)44)20-24-12-17-27(23-10-7-6-8-11-23)33(34(24)45-4)29-21-31(42)39-38-29/h6-8,10-12,17-19,25-26,44H,5,9,13-16,20-22H2,1-4H3,(H,39,42). The first-order chi connectivity index (χ1) is 22.2. The summed E-state index contributed by atoms with van der Waals surface area (Å²) in [5, 5.41) is 19.2. The van der Waals surface area contributed by atoms with Crippen molar-refractivity contribution < 1.29 is 19.4 Å². The van der Waals surface area contributed by atoms with E-state index in [0.717, 1.165) is 65.7 Å². The molecule has 242 valence electrons. The molecule has 46 heavy (non-hydrogen) atoms. The Balaban J connectivity index is 1.43. The number of amides is 1. The highest BCUT2D eigenvalue weighted by atomic mass is 16.5. The molecule has 10 heteroatoms. The highest BCUT2D eigenvalue weighted by Crippen LogP contribution is 2.37. The molecule has 0 unspecified atom stereocenters. The lowest BCUT2D eigenvalue weighted by molar-refractivity contribution is -0.119. The van der Waals surface area contributed by atoms with Crippen molar-refractivity contribution in [3.8, 4) is 16.9 Å². The smallest absolute Gasteiger partial charge is 0.257 e. The molecule has 0 bridgehead atoms. The number of aliphatic hydroxyl groups is 1. The summed E-state index contributed by atoms with van der Waals surface area (Å²) < 4.78 is 16.0. The van der Waals surface area contributed by atoms with Gasteiger partial charge in [-0.2, -0.15) is 10.2 Å². The third kappa shape index (κ3) is 6.37. The van der Waals surface area contributed by atoms with Crippen LogP contribution < -0.4 is 15.7 Å². The Bertz CT molecular complexity index is 1810. The minimum atomic E-state index is -0.877. The molecular formula is C36H43N5O5. The lowest BCUT2D eigenvalue weighted by atomic mass is 9.90. The number of hydrogen-bond acceptors (Lipinski definition) is 7. The average molecular weight is 626 g/mol. The van der Waals surface area contributed by atoms with E-state index in [1.165, 1.54) is 0 Å². The number of methoxy groups -OCH3 is 1. The number of fused-ring (bicyclic) bond motifs is 1. The second-order valence-electron chi connectivity index (χ2n) is 13.0. The summed E-state index contributed by atoms with van der Waals surface area (Å²) in [6.45, 7) is 5.89. The minimum Gasteiger partial charge on any atom is -0.496 e. The van der Waals surface area contributed by atoms with E-state index in [4.69, 9.17) is 14.6 Å². The van der Waals surface area contributed by atoms with Gasteiger partial charge in [0.05, 0.1) is 49.4 Å². The van der Waals surface area contributed by atoms with Crippen LogP contribution in [0.5, 0.6) is 5.75 Å². The van der Waals surface area contributed by atoms with Gasteiger partial charge in [-0.1, -0.05) is 55.8 Å². The third-order valence-electron chi connectivity index (χ3n) is 8.95. The van der Waals surface area contributed by atoms with Crippen LogP contribution >= 0.6 is 0 Å². The first kappa shape index (κ1) is 31.7. The van der Waals surface area contributed by atoms with Crippen molar-refractivity contribution in [1.29, 1.82) is 0 Å². The third-order valence-corrected chi connectivity index (χ3v) is 8.95. The molecule has 0 radical (unpaired) electrons. The summed E-state index contributed by atoms with van der Waals surface area (Å²) in [7, 11) is 1.63. The van der Waals surface area contributed by atoms with Gasteiger partial charge in [0.1, 0.15) is 11.4 Å². The van der Waals surface area contributed by atoms with Gasteiger partial charge in [-0.05, 0) is 62.6 Å². The molecule has 2 aliphatic rings. The SMILES string of the molecule is CCCc1c(Cc2ccc(-c3ccccc3)c(C3=NNC(=O)C3)c2OC)c(=O)n(C2CCC(OCC(C)(C)O)CC2)c2ccnn12. The molecule has 2 aromatic heterocycles. The van der Waals surface area contributed by atoms with E-state index in [0.29, 0.717) is 29.9 Å². The van der Waals surface area contributed by atoms with E-state index in [9.17, 15) is 14.7 Å². The Morgan fingerprint density at radius 3 is 2.46 bits per heavy atom. The molecule has 2 aromatic carbocycles. The number of aromatic nitrogens is 3. The first-order valence-corrected chi connectivity index (χ1v) is 16.2. The van der Waals surface area contributed by atoms with Crippen LogP contribution in [0.2, 0.25) is 0 Å². The second-order valence-corrected chi connectivity index (χ2v) is 13.0. The molecule has 2 N–H and O–H groups in total. The molecule has 3 heterocycles. The predicted molar refractivity (Wildman–Crippen MR) is 178 cm³/mol. The zero-order chi connectivity index (χ0) is 32.4. The summed E-state index contributed by atoms with van der Waals surface area (Å²) in [6.07, 6.45) is 7.08. The number of carbonyl (C=O) groups is 1. The second kappa shape index (κ2) is 13.2. The Labute approximate surface area is 269 Å². The normalized spacial score (nSPS) is 18.5. The van der Waals surface area contributed by atoms with Crippen molar-refractivity contribution in [2.75, 3.05) is 13.7 Å². The van der Waals surface area contributed by atoms with Gasteiger partial charge in [0, 0.05) is 29.7 Å². The maximum Gasteiger partial charge on any atom is 0.257 e. The average Bonchev–Trinajstić information content (AvgIpc) is 3.71. The Morgan fingerprint density at radius 1 is 1.04 bits per heavy atom. The molecule has 0 saturated heterocycles. The van der Waals surface area contributed by atoms with Crippen molar-refractivity contribution in [1.82, 2.24) is 19.6 Å². The Morgan fingerprint density at radius 2 is 1.80 bits per heavy atom. The molecule has 1 saturated carbocycles. The van der Waals surface area contributed by atoms with Gasteiger partial charge in [-0.15, -0.1) is 0 Å². The fourth-order valence-corrected chi connectivity index (χ4v) is 6.84. The fourth-order valence-electron chi connectivity index (χ4n) is 6.84. The van der Waals surface area contributed by atoms with Crippen molar-refractivity contribution in [3.63, 3.8) is 0 Å². The number of nitrogens with zero attached hydrogens (tertiary/aromatic N) is 4. The summed E-state index contributed by atoms with van der Waals surface area (Å²) >= 11 is 0. The van der Waals surface area contributed by atoms with Crippen LogP contribution in [-0.2, 0) is 22.4 Å². The molecule has 1 fully saturated rings. The molecule has 1 aliphatic heterocycles. The van der Waals surface area contributed by atoms with Crippen molar-refractivity contribution in [2.24, 2.45) is 5.10 Å². The molecule has 4 aromatic rings. The van der Waals surface area contributed by atoms with Crippen LogP contribution in [0.4, 0.5) is 0 Å². The number of hydrazone groups is 1. The molecule has 0 spiro atoms. The van der Waals surface area contributed by atoms with Crippen LogP contribution in [0.25, 0.3) is 16.8 Å². The van der Waals surface area contributed by atoms with Gasteiger partial charge < -0.3 is 14.6 Å². The summed E-state index contributed by atoms with van der Waals surface area (Å²) in [6, 6.07) is 16.0. The highest BCUT2D eigenvalue weighted by Gasteiger charge is 2.30. The molecule has 1 amide bonds. The van der Waals surface area contributed by atoms with Crippen LogP contribution in [0, 0.1) is 0 Å². The number of rotatable bonds is 11. The van der Waals surface area contributed by atoms with Gasteiger partial charge in [0.2, 0.25) is 5.91 Å². The largest absolute Gasteiger partial charge is 0.496 e. The summed E-state index contributed by atoms with van der Waals surface area (Å²) in [5.74, 6) is 0.439. The van der Waals surface area contributed by atoms with Crippen LogP contribution in [0.3, 0.4) is 0 Å². The van der Waals surface area contributed by atoms with E-state index in [2.05, 4.69) is 17.5 Å². The number of hydrogen-bond donors (Lipinski definition) is 2. The molecule has 0 atom stereocenters. The number of ether oxygens (including phenoxy) is 2. The van der Waals surface area contributed by atoms with Crippen LogP contribution in [0.1, 0.15) is 87.7 Å². The maximum atomic E-state index is 14.6. The number of benzene rings is 2. The molecule has 1 aliphatic carbocycles. The van der Waals surface area contributed by atoms with Crippen LogP contribution in [-0.4, -0.2) is 56.3 Å². The lowest BCUT2D eigenvalue weighted by Gasteiger charge is -2.32. The van der Waals surface area contributed by atoms with Crippen molar-refractivity contribution in [2.45, 2.75) is 89.9 Å². The predicted octanol–water partition coefficient (Wildman–Crippen LogP) is 5.21. The van der Waals surface area contributed by atoms with Crippen molar-refractivity contribution >= 4 is 17.3 Å². The summed E-state index contributed by atoms with van der Waals surface area (Å²) in [4.78, 5) is 26.9. The zero-order valence-electron chi connectivity index (χ0n) is 27.1. The molecule has 10 nitrogen and oxygen atoms in total. The lowest BCUT2D eigenvalue weighted by Crippen LogP contribution is -2.36. The van der Waals surface area contributed by atoms with Crippen molar-refractivity contribution in [3.05, 3.63) is 87.5 Å². The highest BCUT2D eigenvalue weighted by molar-refractivity contribution is 6.18. The van der Waals surface area contributed by atoms with Gasteiger partial charge >= 0.3 is 0 Å². The van der Waals surface area contributed by atoms with E-state index in [1.807, 2.05) is 57.6 Å². The minimum absolute atomic E-state index is 0.00552. The van der Waals surface area contributed by atoms with Crippen LogP contribution in [0.15, 0.2) is 64.6 Å². The van der Waals surface area contributed by atoms with Gasteiger partial charge in [0.25, 0.3) is 5.56 Å². The Hall–Kier alpha value is -4.28. The molecular weight excluding hydrogens is 582 g/mol. The number of carbonyl (C=O) groups excluding carboxylic acids is 1. The maximum absolute atomic E-state index is 14.6. The van der Waals surface area contributed by atoms with E-state index in [-0.39, 0.29) is 36.6 Å². The van der Waals surface area contributed by atoms with E-state index in [1.54, 1.807) is 27.2 Å². The summed E-state index contributed by atoms with van der Waals surface area (Å²) in [5.41, 5.74) is 8.20. The fraction of sp³-hybridized carbons (Fsp3) is 0.444. The molecule has 6 rings (SSSR count). The van der Waals surface area contributed by atoms with E-state index >= 15 is 0 Å². The van der Waals surface area contributed by atoms with Gasteiger partial charge in [-0.25, -0.2) is 9.94 Å². The quantitative estimate of drug-likeness (QED) is 0.236. The van der Waals surface area contributed by atoms with E-state index < -0.39 is 5.60 Å². The zero-order valence-corrected chi connectivity index (χ0v) is 27.1. The van der Waals surface area contributed by atoms with Gasteiger partial charge in [0.15, 0.2) is 0 Å². The number of aryl methyl sites for hydroxylation is 1. The van der Waals surface area contributed by atoms with Gasteiger partial charge in [-0.3, -0.25) is 14.2 Å². The first-order valence-electron chi connectivity index (χ1n) is 16.2. The topological polar surface area (TPSA) is 119 Å².